The molecule has 0 radical (unpaired) electrons. The first kappa shape index (κ1) is 23.9. The van der Waals surface area contributed by atoms with Crippen molar-refractivity contribution in [2.75, 3.05) is 0 Å². The minimum atomic E-state index is -1.84. The van der Waals surface area contributed by atoms with Crippen LogP contribution in [0.4, 0.5) is 17.6 Å². The van der Waals surface area contributed by atoms with E-state index in [2.05, 4.69) is 17.9 Å². The van der Waals surface area contributed by atoms with E-state index < -0.39 is 46.5 Å². The number of carbonyl (C=O) groups is 2. The summed E-state index contributed by atoms with van der Waals surface area (Å²) in [6.45, 7) is 9.45. The van der Waals surface area contributed by atoms with Crippen LogP contribution >= 0.6 is 11.3 Å². The number of ether oxygens (including phenoxy) is 2. The normalized spacial score (nSPS) is 10.6. The Hall–Kier alpha value is -3.72. The van der Waals surface area contributed by atoms with E-state index in [1.165, 1.54) is 38.1 Å². The number of benzene rings is 2. The first-order valence-corrected chi connectivity index (χ1v) is 10.1. The highest BCUT2D eigenvalue weighted by Gasteiger charge is 2.30. The largest absolute Gasteiger partial charge is 0.423 e. The van der Waals surface area contributed by atoms with Crippen molar-refractivity contribution in [2.45, 2.75) is 13.8 Å². The third-order valence-corrected chi connectivity index (χ3v) is 5.47. The highest BCUT2D eigenvalue weighted by Crippen LogP contribution is 2.41. The molecule has 170 valence electrons. The van der Waals surface area contributed by atoms with E-state index in [0.717, 1.165) is 11.3 Å². The van der Waals surface area contributed by atoms with E-state index in [9.17, 15) is 27.2 Å². The summed E-state index contributed by atoms with van der Waals surface area (Å²) in [6, 6.07) is 9.05. The lowest BCUT2D eigenvalue weighted by Gasteiger charge is -2.11. The minimum absolute atomic E-state index is 0.0895. The van der Waals surface area contributed by atoms with E-state index in [4.69, 9.17) is 4.74 Å². The van der Waals surface area contributed by atoms with Crippen LogP contribution in [0.5, 0.6) is 11.5 Å². The first-order chi connectivity index (χ1) is 15.5. The maximum atomic E-state index is 14.6. The molecule has 0 unspecified atom stereocenters. The van der Waals surface area contributed by atoms with Gasteiger partial charge in [-0.15, -0.1) is 11.3 Å². The van der Waals surface area contributed by atoms with Crippen molar-refractivity contribution in [3.63, 3.8) is 0 Å². The molecule has 0 aliphatic carbocycles. The molecule has 0 spiro atoms. The van der Waals surface area contributed by atoms with Gasteiger partial charge < -0.3 is 9.47 Å². The Bertz CT molecular complexity index is 1260. The van der Waals surface area contributed by atoms with Gasteiger partial charge in [0.25, 0.3) is 0 Å². The minimum Gasteiger partial charge on any atom is -0.423 e. The van der Waals surface area contributed by atoms with Gasteiger partial charge in [-0.1, -0.05) is 13.2 Å². The second kappa shape index (κ2) is 9.41. The fourth-order valence-electron chi connectivity index (χ4n) is 2.61. The summed E-state index contributed by atoms with van der Waals surface area (Å²) in [5.74, 6) is -10.1. The van der Waals surface area contributed by atoms with Crippen LogP contribution in [0, 0.1) is 23.3 Å². The third kappa shape index (κ3) is 4.88. The molecular weight excluding hydrogens is 460 g/mol. The van der Waals surface area contributed by atoms with Gasteiger partial charge in [-0.3, -0.25) is 0 Å². The standard InChI is InChI=1S/C24H16F4O4S/c1-11(2)23(29)31-14-7-5-13(6-8-14)15-9-10-16(33-15)17-18(25)20(27)22(21(28)19(17)26)32-24(30)12(3)4/h5-10H,1,3H2,2,4H3. The molecule has 1 heterocycles. The molecule has 0 N–H and O–H groups in total. The molecule has 0 amide bonds. The fourth-order valence-corrected chi connectivity index (χ4v) is 3.65. The molecule has 0 fully saturated rings. The number of rotatable bonds is 6. The zero-order chi connectivity index (χ0) is 24.4. The van der Waals surface area contributed by atoms with E-state index in [-0.39, 0.29) is 21.8 Å². The number of carbonyl (C=O) groups excluding carboxylic acids is 2. The van der Waals surface area contributed by atoms with Crippen LogP contribution in [0.15, 0.2) is 60.7 Å². The smallest absolute Gasteiger partial charge is 0.338 e. The number of halogens is 4. The zero-order valence-corrected chi connectivity index (χ0v) is 18.2. The predicted octanol–water partition coefficient (Wildman–Crippen LogP) is 6.60. The molecule has 0 aliphatic heterocycles. The molecule has 3 rings (SSSR count). The molecular formula is C24H16F4O4S. The van der Waals surface area contributed by atoms with Gasteiger partial charge in [0, 0.05) is 20.9 Å². The molecule has 0 bridgehead atoms. The van der Waals surface area contributed by atoms with Gasteiger partial charge in [0.05, 0.1) is 5.56 Å². The fraction of sp³-hybridized carbons (Fsp3) is 0.0833. The van der Waals surface area contributed by atoms with Crippen LogP contribution in [-0.4, -0.2) is 11.9 Å². The molecule has 4 nitrogen and oxygen atoms in total. The van der Waals surface area contributed by atoms with Crippen LogP contribution < -0.4 is 9.47 Å². The molecule has 33 heavy (non-hydrogen) atoms. The van der Waals surface area contributed by atoms with E-state index >= 15 is 0 Å². The monoisotopic (exact) mass is 476 g/mol. The van der Waals surface area contributed by atoms with Gasteiger partial charge in [0.2, 0.25) is 17.4 Å². The van der Waals surface area contributed by atoms with Gasteiger partial charge in [-0.2, -0.15) is 8.78 Å². The van der Waals surface area contributed by atoms with Crippen LogP contribution in [-0.2, 0) is 9.59 Å². The van der Waals surface area contributed by atoms with Crippen molar-refractivity contribution in [1.29, 1.82) is 0 Å². The lowest BCUT2D eigenvalue weighted by atomic mass is 10.1. The van der Waals surface area contributed by atoms with Crippen molar-refractivity contribution in [3.8, 4) is 32.4 Å². The van der Waals surface area contributed by atoms with Crippen LogP contribution in [0.2, 0.25) is 0 Å². The highest BCUT2D eigenvalue weighted by molar-refractivity contribution is 7.18. The molecule has 0 atom stereocenters. The topological polar surface area (TPSA) is 52.6 Å². The highest BCUT2D eigenvalue weighted by atomic mass is 32.1. The molecule has 3 aromatic rings. The van der Waals surface area contributed by atoms with E-state index in [1.54, 1.807) is 12.1 Å². The number of hydrogen-bond donors (Lipinski definition) is 0. The second-order valence-corrected chi connectivity index (χ2v) is 8.07. The summed E-state index contributed by atoms with van der Waals surface area (Å²) in [6.07, 6.45) is 0. The van der Waals surface area contributed by atoms with Gasteiger partial charge in [-0.05, 0) is 55.8 Å². The summed E-state index contributed by atoms with van der Waals surface area (Å²) in [5.41, 5.74) is -0.300. The van der Waals surface area contributed by atoms with Crippen molar-refractivity contribution in [2.24, 2.45) is 0 Å². The van der Waals surface area contributed by atoms with Gasteiger partial charge in [0.15, 0.2) is 11.6 Å². The summed E-state index contributed by atoms with van der Waals surface area (Å²) in [4.78, 5) is 23.6. The molecule has 0 saturated carbocycles. The summed E-state index contributed by atoms with van der Waals surface area (Å²) in [5, 5.41) is 0. The molecule has 0 aliphatic rings. The predicted molar refractivity (Wildman–Crippen MR) is 116 cm³/mol. The third-order valence-electron chi connectivity index (χ3n) is 4.32. The summed E-state index contributed by atoms with van der Waals surface area (Å²) < 4.78 is 67.6. The number of hydrogen-bond acceptors (Lipinski definition) is 5. The molecule has 2 aromatic carbocycles. The van der Waals surface area contributed by atoms with Gasteiger partial charge in [-0.25, -0.2) is 18.4 Å². The first-order valence-electron chi connectivity index (χ1n) is 9.33. The summed E-state index contributed by atoms with van der Waals surface area (Å²) in [7, 11) is 0. The maximum Gasteiger partial charge on any atom is 0.338 e. The van der Waals surface area contributed by atoms with Crippen LogP contribution in [0.3, 0.4) is 0 Å². The SMILES string of the molecule is C=C(C)C(=O)Oc1ccc(-c2ccc(-c3c(F)c(F)c(OC(=O)C(=C)C)c(F)c3F)s2)cc1. The van der Waals surface area contributed by atoms with E-state index in [0.29, 0.717) is 10.4 Å². The second-order valence-electron chi connectivity index (χ2n) is 6.99. The van der Waals surface area contributed by atoms with Crippen LogP contribution in [0.25, 0.3) is 20.9 Å². The quantitative estimate of drug-likeness (QED) is 0.132. The zero-order valence-electron chi connectivity index (χ0n) is 17.4. The lowest BCUT2D eigenvalue weighted by molar-refractivity contribution is -0.131. The average molecular weight is 476 g/mol. The Morgan fingerprint density at radius 1 is 0.727 bits per heavy atom. The Morgan fingerprint density at radius 3 is 1.73 bits per heavy atom. The Balaban J connectivity index is 1.94. The van der Waals surface area contributed by atoms with Crippen LogP contribution in [0.1, 0.15) is 13.8 Å². The van der Waals surface area contributed by atoms with Gasteiger partial charge in [0.1, 0.15) is 5.75 Å². The van der Waals surface area contributed by atoms with Crippen molar-refractivity contribution < 1.29 is 36.6 Å². The lowest BCUT2D eigenvalue weighted by Crippen LogP contribution is -2.13. The average Bonchev–Trinajstić information content (AvgIpc) is 3.25. The molecule has 0 saturated heterocycles. The van der Waals surface area contributed by atoms with Crippen molar-refractivity contribution in [1.82, 2.24) is 0 Å². The Kier molecular flexibility index (Phi) is 6.83. The van der Waals surface area contributed by atoms with Gasteiger partial charge >= 0.3 is 11.9 Å². The molecule has 1 aromatic heterocycles. The Morgan fingerprint density at radius 2 is 1.21 bits per heavy atom. The number of esters is 2. The number of thiophene rings is 1. The van der Waals surface area contributed by atoms with Crippen molar-refractivity contribution >= 4 is 23.3 Å². The molecule has 9 heteroatoms. The van der Waals surface area contributed by atoms with Crippen molar-refractivity contribution in [3.05, 3.63) is 84.0 Å². The summed E-state index contributed by atoms with van der Waals surface area (Å²) >= 11 is 0.877. The maximum absolute atomic E-state index is 14.6. The van der Waals surface area contributed by atoms with E-state index in [1.807, 2.05) is 0 Å². The Labute approximate surface area is 190 Å².